The van der Waals surface area contributed by atoms with Crippen LogP contribution in [0.3, 0.4) is 0 Å². The summed E-state index contributed by atoms with van der Waals surface area (Å²) in [6, 6.07) is 0.426. The average Bonchev–Trinajstić information content (AvgIpc) is 2.42. The first-order valence-corrected chi connectivity index (χ1v) is 6.23. The number of hydrogen-bond donors (Lipinski definition) is 2. The Balaban J connectivity index is 2.30. The monoisotopic (exact) mass is 211 g/mol. The van der Waals surface area contributed by atoms with E-state index in [4.69, 9.17) is 0 Å². The SMILES string of the molecule is C=CCC(C)NCC1(O)CCCCCC1. The molecular weight excluding hydrogens is 186 g/mol. The summed E-state index contributed by atoms with van der Waals surface area (Å²) in [4.78, 5) is 0. The van der Waals surface area contributed by atoms with Crippen LogP contribution < -0.4 is 5.32 Å². The first-order chi connectivity index (χ1) is 7.16. The lowest BCUT2D eigenvalue weighted by molar-refractivity contribution is 0.0232. The Kier molecular flexibility index (Phi) is 5.34. The van der Waals surface area contributed by atoms with Gasteiger partial charge in [0.2, 0.25) is 0 Å². The number of aliphatic hydroxyl groups is 1. The maximum absolute atomic E-state index is 10.4. The van der Waals surface area contributed by atoms with Crippen LogP contribution in [0.5, 0.6) is 0 Å². The second-order valence-corrected chi connectivity index (χ2v) is 4.94. The molecule has 0 aromatic carbocycles. The summed E-state index contributed by atoms with van der Waals surface area (Å²) in [6.45, 7) is 6.60. The quantitative estimate of drug-likeness (QED) is 0.541. The van der Waals surface area contributed by atoms with Gasteiger partial charge in [-0.1, -0.05) is 31.8 Å². The lowest BCUT2D eigenvalue weighted by Crippen LogP contribution is -2.43. The van der Waals surface area contributed by atoms with E-state index in [1.54, 1.807) is 0 Å². The normalized spacial score (nSPS) is 23.1. The highest BCUT2D eigenvalue weighted by Crippen LogP contribution is 2.26. The van der Waals surface area contributed by atoms with Crippen molar-refractivity contribution in [3.05, 3.63) is 12.7 Å². The lowest BCUT2D eigenvalue weighted by Gasteiger charge is -2.28. The van der Waals surface area contributed by atoms with Gasteiger partial charge >= 0.3 is 0 Å². The summed E-state index contributed by atoms with van der Waals surface area (Å²) in [5, 5.41) is 13.8. The molecule has 88 valence electrons. The van der Waals surface area contributed by atoms with Gasteiger partial charge in [-0.05, 0) is 26.2 Å². The van der Waals surface area contributed by atoms with Gasteiger partial charge in [0, 0.05) is 12.6 Å². The van der Waals surface area contributed by atoms with Crippen molar-refractivity contribution in [3.63, 3.8) is 0 Å². The third-order valence-corrected chi connectivity index (χ3v) is 3.33. The van der Waals surface area contributed by atoms with Crippen molar-refractivity contribution in [1.82, 2.24) is 5.32 Å². The Bertz CT molecular complexity index is 183. The van der Waals surface area contributed by atoms with Crippen molar-refractivity contribution >= 4 is 0 Å². The second kappa shape index (κ2) is 6.29. The van der Waals surface area contributed by atoms with Gasteiger partial charge in [0.1, 0.15) is 0 Å². The fourth-order valence-corrected chi connectivity index (χ4v) is 2.26. The van der Waals surface area contributed by atoms with Crippen LogP contribution in [-0.4, -0.2) is 23.3 Å². The maximum Gasteiger partial charge on any atom is 0.0771 e. The molecule has 0 aromatic heterocycles. The highest BCUT2D eigenvalue weighted by Gasteiger charge is 2.27. The summed E-state index contributed by atoms with van der Waals surface area (Å²) in [7, 11) is 0. The van der Waals surface area contributed by atoms with Crippen LogP contribution in [0.1, 0.15) is 51.9 Å². The average molecular weight is 211 g/mol. The van der Waals surface area contributed by atoms with E-state index in [2.05, 4.69) is 18.8 Å². The molecular formula is C13H25NO. The summed E-state index contributed by atoms with van der Waals surface area (Å²) >= 11 is 0. The van der Waals surface area contributed by atoms with Crippen LogP contribution in [0.15, 0.2) is 12.7 Å². The molecule has 1 aliphatic carbocycles. The molecule has 1 unspecified atom stereocenters. The third-order valence-electron chi connectivity index (χ3n) is 3.33. The fraction of sp³-hybridized carbons (Fsp3) is 0.846. The van der Waals surface area contributed by atoms with E-state index in [9.17, 15) is 5.11 Å². The molecule has 0 bridgehead atoms. The van der Waals surface area contributed by atoms with Gasteiger partial charge in [-0.25, -0.2) is 0 Å². The molecule has 1 fully saturated rings. The highest BCUT2D eigenvalue weighted by atomic mass is 16.3. The first kappa shape index (κ1) is 12.7. The van der Waals surface area contributed by atoms with Crippen LogP contribution in [0, 0.1) is 0 Å². The van der Waals surface area contributed by atoms with Gasteiger partial charge < -0.3 is 10.4 Å². The van der Waals surface area contributed by atoms with Crippen molar-refractivity contribution < 1.29 is 5.11 Å². The Morgan fingerprint density at radius 3 is 2.47 bits per heavy atom. The van der Waals surface area contributed by atoms with Crippen LogP contribution in [0.2, 0.25) is 0 Å². The van der Waals surface area contributed by atoms with E-state index < -0.39 is 5.60 Å². The zero-order chi connectivity index (χ0) is 11.1. The molecule has 15 heavy (non-hydrogen) atoms. The minimum Gasteiger partial charge on any atom is -0.389 e. The standard InChI is InChI=1S/C13H25NO/c1-3-8-12(2)14-11-13(15)9-6-4-5-7-10-13/h3,12,14-15H,1,4-11H2,2H3. The molecule has 0 heterocycles. The second-order valence-electron chi connectivity index (χ2n) is 4.94. The minimum absolute atomic E-state index is 0.426. The predicted molar refractivity (Wildman–Crippen MR) is 64.9 cm³/mol. The molecule has 2 heteroatoms. The summed E-state index contributed by atoms with van der Waals surface area (Å²) in [5.74, 6) is 0. The van der Waals surface area contributed by atoms with Crippen LogP contribution in [0.25, 0.3) is 0 Å². The minimum atomic E-state index is -0.452. The van der Waals surface area contributed by atoms with Crippen LogP contribution >= 0.6 is 0 Å². The lowest BCUT2D eigenvalue weighted by atomic mass is 9.94. The number of hydrogen-bond acceptors (Lipinski definition) is 2. The van der Waals surface area contributed by atoms with Crippen LogP contribution in [0.4, 0.5) is 0 Å². The molecule has 1 rings (SSSR count). The van der Waals surface area contributed by atoms with E-state index in [0.29, 0.717) is 6.04 Å². The van der Waals surface area contributed by atoms with Crippen molar-refractivity contribution in [2.45, 2.75) is 63.5 Å². The van der Waals surface area contributed by atoms with Crippen molar-refractivity contribution in [2.24, 2.45) is 0 Å². The molecule has 0 radical (unpaired) electrons. The Morgan fingerprint density at radius 2 is 1.93 bits per heavy atom. The molecule has 2 N–H and O–H groups in total. The zero-order valence-electron chi connectivity index (χ0n) is 9.97. The van der Waals surface area contributed by atoms with Gasteiger partial charge in [-0.2, -0.15) is 0 Å². The topological polar surface area (TPSA) is 32.3 Å². The van der Waals surface area contributed by atoms with Crippen LogP contribution in [-0.2, 0) is 0 Å². The number of nitrogens with one attached hydrogen (secondary N) is 1. The van der Waals surface area contributed by atoms with E-state index in [-0.39, 0.29) is 0 Å². The zero-order valence-corrected chi connectivity index (χ0v) is 9.97. The molecule has 0 saturated heterocycles. The van der Waals surface area contributed by atoms with Gasteiger partial charge in [0.15, 0.2) is 0 Å². The Hall–Kier alpha value is -0.340. The maximum atomic E-state index is 10.4. The predicted octanol–water partition coefficient (Wildman–Crippen LogP) is 2.63. The van der Waals surface area contributed by atoms with E-state index >= 15 is 0 Å². The molecule has 0 spiro atoms. The first-order valence-electron chi connectivity index (χ1n) is 6.23. The van der Waals surface area contributed by atoms with Crippen molar-refractivity contribution in [2.75, 3.05) is 6.54 Å². The summed E-state index contributed by atoms with van der Waals surface area (Å²) in [6.07, 6.45) is 9.73. The molecule has 1 atom stereocenters. The van der Waals surface area contributed by atoms with Gasteiger partial charge in [0.25, 0.3) is 0 Å². The highest BCUT2D eigenvalue weighted by molar-refractivity contribution is 4.85. The Morgan fingerprint density at radius 1 is 1.33 bits per heavy atom. The molecule has 1 aliphatic rings. The molecule has 2 nitrogen and oxygen atoms in total. The largest absolute Gasteiger partial charge is 0.389 e. The fourth-order valence-electron chi connectivity index (χ4n) is 2.26. The number of rotatable bonds is 5. The molecule has 0 amide bonds. The van der Waals surface area contributed by atoms with Crippen molar-refractivity contribution in [3.8, 4) is 0 Å². The van der Waals surface area contributed by atoms with E-state index in [1.807, 2.05) is 6.08 Å². The molecule has 0 aliphatic heterocycles. The molecule has 1 saturated carbocycles. The van der Waals surface area contributed by atoms with Gasteiger partial charge in [0.05, 0.1) is 5.60 Å². The van der Waals surface area contributed by atoms with Gasteiger partial charge in [-0.15, -0.1) is 6.58 Å². The summed E-state index contributed by atoms with van der Waals surface area (Å²) in [5.41, 5.74) is -0.452. The smallest absolute Gasteiger partial charge is 0.0771 e. The molecule has 0 aromatic rings. The van der Waals surface area contributed by atoms with E-state index in [0.717, 1.165) is 25.8 Å². The van der Waals surface area contributed by atoms with E-state index in [1.165, 1.54) is 25.7 Å². The Labute approximate surface area is 93.8 Å². The third kappa shape index (κ3) is 4.80. The van der Waals surface area contributed by atoms with Gasteiger partial charge in [-0.3, -0.25) is 0 Å². The van der Waals surface area contributed by atoms with Crippen molar-refractivity contribution in [1.29, 1.82) is 0 Å². The summed E-state index contributed by atoms with van der Waals surface area (Å²) < 4.78 is 0.